The van der Waals surface area contributed by atoms with E-state index in [-0.39, 0.29) is 18.7 Å². The van der Waals surface area contributed by atoms with Gasteiger partial charge in [-0.25, -0.2) is 22.0 Å². The van der Waals surface area contributed by atoms with Gasteiger partial charge >= 0.3 is 0 Å². The van der Waals surface area contributed by atoms with Crippen LogP contribution < -0.4 is 5.14 Å². The van der Waals surface area contributed by atoms with E-state index in [1.54, 1.807) is 12.1 Å². The summed E-state index contributed by atoms with van der Waals surface area (Å²) in [6, 6.07) is 9.06. The number of thiophene rings is 1. The lowest BCUT2D eigenvalue weighted by molar-refractivity contribution is 0.587. The number of hydrogen-bond donors (Lipinski definition) is 1. The smallest absolute Gasteiger partial charge is 0.224 e. The first-order valence-corrected chi connectivity index (χ1v) is 10.3. The van der Waals surface area contributed by atoms with Crippen LogP contribution in [-0.2, 0) is 25.3 Å². The van der Waals surface area contributed by atoms with Gasteiger partial charge in [0, 0.05) is 0 Å². The maximum absolute atomic E-state index is 12.5. The van der Waals surface area contributed by atoms with E-state index in [1.807, 2.05) is 20.8 Å². The van der Waals surface area contributed by atoms with Gasteiger partial charge in [0.05, 0.1) is 4.90 Å². The van der Waals surface area contributed by atoms with E-state index in [2.05, 4.69) is 0 Å². The summed E-state index contributed by atoms with van der Waals surface area (Å²) < 4.78 is 47.3. The average molecular weight is 359 g/mol. The second-order valence-corrected chi connectivity index (χ2v) is 10.9. The molecular weight excluding hydrogens is 342 g/mol. The monoisotopic (exact) mass is 359 g/mol. The molecule has 0 saturated carbocycles. The maximum atomic E-state index is 12.5. The molecule has 8 heteroatoms. The molecule has 5 nitrogen and oxygen atoms in total. The molecule has 0 amide bonds. The van der Waals surface area contributed by atoms with E-state index in [1.165, 1.54) is 24.3 Å². The van der Waals surface area contributed by atoms with E-state index >= 15 is 0 Å². The Balaban J connectivity index is 2.45. The minimum atomic E-state index is -3.90. The Labute approximate surface area is 134 Å². The molecule has 0 saturated heterocycles. The van der Waals surface area contributed by atoms with Gasteiger partial charge in [-0.1, -0.05) is 32.9 Å². The molecular formula is C14H17NO4S3. The molecule has 0 aliphatic carbocycles. The van der Waals surface area contributed by atoms with Gasteiger partial charge in [-0.05, 0) is 35.2 Å². The van der Waals surface area contributed by atoms with Crippen molar-refractivity contribution in [3.63, 3.8) is 0 Å². The standard InChI is InChI=1S/C14H17NO4S3/c1-14(2,3)10-4-6-11(7-5-10)21(16,17)12-8-9-13(20-12)22(15,18)19/h4-9H,1-3H3,(H2,15,18,19). The van der Waals surface area contributed by atoms with Gasteiger partial charge in [-0.3, -0.25) is 0 Å². The molecule has 0 unspecified atom stereocenters. The molecule has 2 aromatic rings. The predicted molar refractivity (Wildman–Crippen MR) is 86.3 cm³/mol. The van der Waals surface area contributed by atoms with Gasteiger partial charge in [-0.15, -0.1) is 11.3 Å². The zero-order valence-electron chi connectivity index (χ0n) is 12.4. The first-order valence-electron chi connectivity index (χ1n) is 6.41. The Morgan fingerprint density at radius 2 is 1.36 bits per heavy atom. The average Bonchev–Trinajstić information content (AvgIpc) is 2.88. The Morgan fingerprint density at radius 1 is 0.864 bits per heavy atom. The molecule has 1 heterocycles. The molecule has 2 N–H and O–H groups in total. The van der Waals surface area contributed by atoms with Crippen LogP contribution in [0.2, 0.25) is 0 Å². The Morgan fingerprint density at radius 3 is 1.77 bits per heavy atom. The molecule has 22 heavy (non-hydrogen) atoms. The lowest BCUT2D eigenvalue weighted by Gasteiger charge is -2.19. The van der Waals surface area contributed by atoms with E-state index in [0.29, 0.717) is 11.3 Å². The van der Waals surface area contributed by atoms with Crippen LogP contribution in [0.15, 0.2) is 49.7 Å². The molecule has 0 radical (unpaired) electrons. The van der Waals surface area contributed by atoms with Crippen molar-refractivity contribution < 1.29 is 16.8 Å². The van der Waals surface area contributed by atoms with E-state index in [0.717, 1.165) is 5.56 Å². The van der Waals surface area contributed by atoms with Gasteiger partial charge in [0.2, 0.25) is 19.9 Å². The summed E-state index contributed by atoms with van der Waals surface area (Å²) in [5.74, 6) is 0. The van der Waals surface area contributed by atoms with Crippen LogP contribution in [-0.4, -0.2) is 16.8 Å². The van der Waals surface area contributed by atoms with Crippen molar-refractivity contribution in [2.75, 3.05) is 0 Å². The fourth-order valence-electron chi connectivity index (χ4n) is 1.85. The second kappa shape index (κ2) is 5.45. The van der Waals surface area contributed by atoms with Crippen LogP contribution in [0.1, 0.15) is 26.3 Å². The van der Waals surface area contributed by atoms with E-state index in [9.17, 15) is 16.8 Å². The topological polar surface area (TPSA) is 94.3 Å². The number of sulfonamides is 1. The fourth-order valence-corrected chi connectivity index (χ4v) is 5.44. The van der Waals surface area contributed by atoms with Crippen LogP contribution in [0.25, 0.3) is 0 Å². The third kappa shape index (κ3) is 3.40. The summed E-state index contributed by atoms with van der Waals surface area (Å²) in [7, 11) is -7.64. The molecule has 120 valence electrons. The van der Waals surface area contributed by atoms with Crippen molar-refractivity contribution in [1.82, 2.24) is 0 Å². The van der Waals surface area contributed by atoms with Gasteiger partial charge in [-0.2, -0.15) is 0 Å². The molecule has 1 aromatic carbocycles. The van der Waals surface area contributed by atoms with Gasteiger partial charge in [0.15, 0.2) is 0 Å². The third-order valence-electron chi connectivity index (χ3n) is 3.13. The molecule has 0 aliphatic heterocycles. The quantitative estimate of drug-likeness (QED) is 0.911. The fraction of sp³-hybridized carbons (Fsp3) is 0.286. The third-order valence-corrected chi connectivity index (χ3v) is 7.92. The van der Waals surface area contributed by atoms with Gasteiger partial charge in [0.1, 0.15) is 8.42 Å². The first-order chi connectivity index (χ1) is 9.92. The van der Waals surface area contributed by atoms with E-state index in [4.69, 9.17) is 5.14 Å². The summed E-state index contributed by atoms with van der Waals surface area (Å²) in [4.78, 5) is 0.128. The zero-order chi connectivity index (χ0) is 16.8. The van der Waals surface area contributed by atoms with E-state index < -0.39 is 19.9 Å². The highest BCUT2D eigenvalue weighted by atomic mass is 32.3. The lowest BCUT2D eigenvalue weighted by Crippen LogP contribution is -2.11. The maximum Gasteiger partial charge on any atom is 0.247 e. The van der Waals surface area contributed by atoms with Crippen molar-refractivity contribution in [1.29, 1.82) is 0 Å². The van der Waals surface area contributed by atoms with Crippen molar-refractivity contribution in [2.45, 2.75) is 39.5 Å². The zero-order valence-corrected chi connectivity index (χ0v) is 14.8. The number of sulfone groups is 1. The largest absolute Gasteiger partial charge is 0.247 e. The van der Waals surface area contributed by atoms with Crippen molar-refractivity contribution in [3.8, 4) is 0 Å². The molecule has 0 bridgehead atoms. The highest BCUT2D eigenvalue weighted by Crippen LogP contribution is 2.31. The SMILES string of the molecule is CC(C)(C)c1ccc(S(=O)(=O)c2ccc(S(N)(=O)=O)s2)cc1. The van der Waals surface area contributed by atoms with Crippen LogP contribution in [0.5, 0.6) is 0 Å². The van der Waals surface area contributed by atoms with Crippen LogP contribution in [0.4, 0.5) is 0 Å². The Hall–Kier alpha value is -1.22. The van der Waals surface area contributed by atoms with Gasteiger partial charge in [0.25, 0.3) is 0 Å². The number of rotatable bonds is 3. The number of nitrogens with two attached hydrogens (primary N) is 1. The second-order valence-electron chi connectivity index (χ2n) is 5.90. The number of benzene rings is 1. The minimum absolute atomic E-state index is 0.0416. The summed E-state index contributed by atoms with van der Waals surface area (Å²) in [6.45, 7) is 6.11. The molecule has 2 rings (SSSR count). The highest BCUT2D eigenvalue weighted by molar-refractivity contribution is 7.95. The summed E-state index contributed by atoms with van der Waals surface area (Å²) >= 11 is 0.650. The van der Waals surface area contributed by atoms with Crippen molar-refractivity contribution >= 4 is 31.2 Å². The minimum Gasteiger partial charge on any atom is -0.224 e. The first kappa shape index (κ1) is 17.1. The van der Waals surface area contributed by atoms with Crippen LogP contribution in [0, 0.1) is 0 Å². The summed E-state index contributed by atoms with van der Waals surface area (Å²) in [5, 5.41) is 5.01. The summed E-state index contributed by atoms with van der Waals surface area (Å²) in [5.41, 5.74) is 0.939. The Kier molecular flexibility index (Phi) is 4.25. The molecule has 0 atom stereocenters. The normalized spacial score (nSPS) is 13.3. The predicted octanol–water partition coefficient (Wildman–Crippen LogP) is 2.53. The molecule has 0 fully saturated rings. The lowest BCUT2D eigenvalue weighted by atomic mass is 9.87. The van der Waals surface area contributed by atoms with Crippen molar-refractivity contribution in [3.05, 3.63) is 42.0 Å². The Bertz CT molecular complexity index is 886. The molecule has 1 aromatic heterocycles. The molecule has 0 aliphatic rings. The van der Waals surface area contributed by atoms with Gasteiger partial charge < -0.3 is 0 Å². The number of hydrogen-bond acceptors (Lipinski definition) is 5. The number of primary sulfonamides is 1. The highest BCUT2D eigenvalue weighted by Gasteiger charge is 2.23. The van der Waals surface area contributed by atoms with Crippen LogP contribution >= 0.6 is 11.3 Å². The summed E-state index contributed by atoms with van der Waals surface area (Å²) in [6.07, 6.45) is 0. The molecule has 0 spiro atoms. The van der Waals surface area contributed by atoms with Crippen molar-refractivity contribution in [2.24, 2.45) is 5.14 Å². The van der Waals surface area contributed by atoms with Crippen LogP contribution in [0.3, 0.4) is 0 Å².